The molecule has 0 bridgehead atoms. The molecule has 3 rings (SSSR count). The van der Waals surface area contributed by atoms with E-state index < -0.39 is 16.6 Å². The Bertz CT molecular complexity index is 1050. The van der Waals surface area contributed by atoms with E-state index in [1.807, 2.05) is 0 Å². The van der Waals surface area contributed by atoms with Crippen molar-refractivity contribution in [2.75, 3.05) is 5.75 Å². The molecule has 0 radical (unpaired) electrons. The van der Waals surface area contributed by atoms with Gasteiger partial charge in [-0.2, -0.15) is 0 Å². The smallest absolute Gasteiger partial charge is 0.192 e. The first-order valence-electron chi connectivity index (χ1n) is 15.8. The first-order valence-corrected chi connectivity index (χ1v) is 22.6. The molecule has 0 unspecified atom stereocenters. The predicted octanol–water partition coefficient (Wildman–Crippen LogP) is 9.44. The van der Waals surface area contributed by atoms with Gasteiger partial charge in [0.15, 0.2) is 21.8 Å². The number of thioether (sulfide) groups is 1. The van der Waals surface area contributed by atoms with Crippen molar-refractivity contribution >= 4 is 33.5 Å². The van der Waals surface area contributed by atoms with Gasteiger partial charge in [0.2, 0.25) is 0 Å². The van der Waals surface area contributed by atoms with E-state index in [2.05, 4.69) is 93.4 Å². The van der Waals surface area contributed by atoms with E-state index in [-0.39, 0.29) is 44.8 Å². The standard InChI is InChI=1S/C34H60O4SSi2/c1-23-26(17-16-25-15-14-18-34(9)28(25)21-30(36)29(34)22-39-24(2)35)19-27(37-40(10,11)32(3,4)5)20-31(23)38-41(12,13)33(6,7)8/h16-17,27-31,36H,1,14-15,18-22H2,2-13H3/b25-16+,26-17-/t27-,28+,29+,30+,31+,34+/m1/s1. The van der Waals surface area contributed by atoms with Crippen LogP contribution in [0.5, 0.6) is 0 Å². The van der Waals surface area contributed by atoms with E-state index >= 15 is 0 Å². The Balaban J connectivity index is 1.93. The second kappa shape index (κ2) is 12.5. The molecule has 0 amide bonds. The van der Waals surface area contributed by atoms with Crippen LogP contribution in [0.25, 0.3) is 0 Å². The topological polar surface area (TPSA) is 55.8 Å². The van der Waals surface area contributed by atoms with Crippen LogP contribution in [-0.2, 0) is 13.6 Å². The van der Waals surface area contributed by atoms with Gasteiger partial charge in [-0.3, -0.25) is 4.79 Å². The lowest BCUT2D eigenvalue weighted by molar-refractivity contribution is -0.109. The molecular weight excluding hydrogens is 561 g/mol. The van der Waals surface area contributed by atoms with Gasteiger partial charge in [-0.05, 0) is 90.8 Å². The summed E-state index contributed by atoms with van der Waals surface area (Å²) in [5.74, 6) is 1.23. The Labute approximate surface area is 258 Å². The molecule has 0 heterocycles. The first kappa shape index (κ1) is 35.0. The molecule has 7 heteroatoms. The van der Waals surface area contributed by atoms with Crippen molar-refractivity contribution in [3.63, 3.8) is 0 Å². The molecule has 1 N–H and O–H groups in total. The number of hydrogen-bond acceptors (Lipinski definition) is 5. The number of fused-ring (bicyclic) bond motifs is 1. The zero-order valence-corrected chi connectivity index (χ0v) is 31.1. The summed E-state index contributed by atoms with van der Waals surface area (Å²) in [6.45, 7) is 31.8. The number of hydrogen-bond donors (Lipinski definition) is 1. The molecule has 0 aromatic rings. The molecule has 0 saturated heterocycles. The van der Waals surface area contributed by atoms with Crippen molar-refractivity contribution in [3.05, 3.63) is 35.5 Å². The van der Waals surface area contributed by atoms with Crippen LogP contribution in [0.4, 0.5) is 0 Å². The van der Waals surface area contributed by atoms with Gasteiger partial charge in [0.05, 0.1) is 18.3 Å². The number of carbonyl (C=O) groups is 1. The fraction of sp³-hybridized carbons (Fsp3) is 0.794. The van der Waals surface area contributed by atoms with Gasteiger partial charge in [-0.25, -0.2) is 0 Å². The molecule has 0 aromatic heterocycles. The van der Waals surface area contributed by atoms with Crippen molar-refractivity contribution in [2.24, 2.45) is 17.3 Å². The predicted molar refractivity (Wildman–Crippen MR) is 181 cm³/mol. The lowest BCUT2D eigenvalue weighted by Gasteiger charge is -2.45. The van der Waals surface area contributed by atoms with E-state index in [0.717, 1.165) is 44.1 Å². The molecule has 4 nitrogen and oxygen atoms in total. The molecule has 3 aliphatic carbocycles. The zero-order chi connectivity index (χ0) is 31.2. The maximum Gasteiger partial charge on any atom is 0.192 e. The molecule has 41 heavy (non-hydrogen) atoms. The minimum absolute atomic E-state index is 0.0260. The normalized spacial score (nSPS) is 33.9. The minimum atomic E-state index is -2.00. The summed E-state index contributed by atoms with van der Waals surface area (Å²) in [6, 6.07) is 0. The van der Waals surface area contributed by atoms with Gasteiger partial charge in [-0.15, -0.1) is 0 Å². The van der Waals surface area contributed by atoms with Gasteiger partial charge in [-0.1, -0.05) is 84.5 Å². The molecular formula is C34H60O4SSi2. The lowest BCUT2D eigenvalue weighted by Crippen LogP contribution is -2.49. The Hall–Kier alpha value is -0.446. The van der Waals surface area contributed by atoms with Crippen molar-refractivity contribution in [1.82, 2.24) is 0 Å². The average Bonchev–Trinajstić information content (AvgIpc) is 3.06. The first-order chi connectivity index (χ1) is 18.6. The van der Waals surface area contributed by atoms with Crippen molar-refractivity contribution < 1.29 is 18.8 Å². The maximum atomic E-state index is 11.7. The van der Waals surface area contributed by atoms with Gasteiger partial charge < -0.3 is 14.0 Å². The summed E-state index contributed by atoms with van der Waals surface area (Å²) in [6.07, 6.45) is 10.3. The van der Waals surface area contributed by atoms with Crippen LogP contribution >= 0.6 is 11.8 Å². The fourth-order valence-electron chi connectivity index (χ4n) is 6.63. The van der Waals surface area contributed by atoms with Crippen LogP contribution in [-0.4, -0.2) is 50.9 Å². The molecule has 3 aliphatic rings. The number of aliphatic hydroxyl groups excluding tert-OH is 1. The highest BCUT2D eigenvalue weighted by atomic mass is 32.2. The summed E-state index contributed by atoms with van der Waals surface area (Å²) in [7, 11) is -3.96. The molecule has 0 aliphatic heterocycles. The molecule has 0 aromatic carbocycles. The van der Waals surface area contributed by atoms with Crippen LogP contribution in [0.2, 0.25) is 36.3 Å². The monoisotopic (exact) mass is 620 g/mol. The number of rotatable bonds is 7. The van der Waals surface area contributed by atoms with Crippen molar-refractivity contribution in [2.45, 2.75) is 148 Å². The van der Waals surface area contributed by atoms with Crippen molar-refractivity contribution in [1.29, 1.82) is 0 Å². The third kappa shape index (κ3) is 7.80. The molecule has 3 fully saturated rings. The summed E-state index contributed by atoms with van der Waals surface area (Å²) in [5.41, 5.74) is 3.85. The van der Waals surface area contributed by atoms with E-state index in [0.29, 0.717) is 11.7 Å². The zero-order valence-electron chi connectivity index (χ0n) is 28.3. The summed E-state index contributed by atoms with van der Waals surface area (Å²) >= 11 is 1.37. The second-order valence-corrected chi connectivity index (χ2v) is 27.1. The fourth-order valence-corrected chi connectivity index (χ4v) is 10.3. The van der Waals surface area contributed by atoms with Gasteiger partial charge in [0, 0.05) is 25.0 Å². The van der Waals surface area contributed by atoms with Crippen LogP contribution in [0.3, 0.4) is 0 Å². The van der Waals surface area contributed by atoms with Gasteiger partial charge in [0.25, 0.3) is 0 Å². The number of carbonyl (C=O) groups excluding carboxylic acids is 1. The third-order valence-electron chi connectivity index (χ3n) is 11.4. The molecule has 6 atom stereocenters. The average molecular weight is 621 g/mol. The summed E-state index contributed by atoms with van der Waals surface area (Å²) in [4.78, 5) is 11.7. The van der Waals surface area contributed by atoms with E-state index in [4.69, 9.17) is 8.85 Å². The quantitative estimate of drug-likeness (QED) is 0.287. The largest absolute Gasteiger partial charge is 0.413 e. The molecule has 3 saturated carbocycles. The van der Waals surface area contributed by atoms with Gasteiger partial charge in [0.1, 0.15) is 0 Å². The van der Waals surface area contributed by atoms with Crippen molar-refractivity contribution in [3.8, 4) is 0 Å². The molecule has 0 spiro atoms. The Kier molecular flexibility index (Phi) is 10.7. The Morgan fingerprint density at radius 2 is 1.63 bits per heavy atom. The number of aliphatic hydroxyl groups is 1. The third-order valence-corrected chi connectivity index (χ3v) is 21.4. The van der Waals surface area contributed by atoms with E-state index in [9.17, 15) is 9.90 Å². The van der Waals surface area contributed by atoms with E-state index in [1.54, 1.807) is 6.92 Å². The summed E-state index contributed by atoms with van der Waals surface area (Å²) in [5, 5.41) is 11.5. The van der Waals surface area contributed by atoms with Crippen LogP contribution in [0.1, 0.15) is 93.9 Å². The van der Waals surface area contributed by atoms with Crippen LogP contribution < -0.4 is 0 Å². The maximum absolute atomic E-state index is 11.7. The Morgan fingerprint density at radius 1 is 1.05 bits per heavy atom. The second-order valence-electron chi connectivity index (χ2n) is 16.4. The van der Waals surface area contributed by atoms with Crippen LogP contribution in [0, 0.1) is 17.3 Å². The van der Waals surface area contributed by atoms with E-state index in [1.165, 1.54) is 22.9 Å². The SMILES string of the molecule is C=C1/C(=C\C=C2/CCC[C@@]3(C)[C@H]2C[C@H](O)[C@@H]3CSC(C)=O)C[C@@H](O[Si](C)(C)C(C)(C)C)C[C@@H]1O[Si](C)(C)C(C)(C)C. The highest BCUT2D eigenvalue weighted by Gasteiger charge is 2.53. The summed E-state index contributed by atoms with van der Waals surface area (Å²) < 4.78 is 14.0. The highest BCUT2D eigenvalue weighted by molar-refractivity contribution is 8.13. The van der Waals surface area contributed by atoms with Gasteiger partial charge >= 0.3 is 0 Å². The Morgan fingerprint density at radius 3 is 2.20 bits per heavy atom. The lowest BCUT2D eigenvalue weighted by atomic mass is 9.64. The minimum Gasteiger partial charge on any atom is -0.413 e. The van der Waals surface area contributed by atoms with Crippen LogP contribution in [0.15, 0.2) is 35.5 Å². The molecule has 234 valence electrons. The number of allylic oxidation sites excluding steroid dienone is 3. The highest BCUT2D eigenvalue weighted by Crippen LogP contribution is 2.58.